The summed E-state index contributed by atoms with van der Waals surface area (Å²) in [5, 5.41) is 13.8. The zero-order chi connectivity index (χ0) is 21.3. The van der Waals surface area contributed by atoms with Crippen LogP contribution in [0.4, 0.5) is 4.39 Å². The molecule has 0 spiro atoms. The average molecular weight is 409 g/mol. The van der Waals surface area contributed by atoms with Gasteiger partial charge in [0.1, 0.15) is 11.6 Å². The molecular weight excluding hydrogens is 385 g/mol. The number of carbonyl (C=O) groups is 1. The van der Waals surface area contributed by atoms with E-state index in [4.69, 9.17) is 0 Å². The number of fused-ring (bicyclic) bond motifs is 1. The molecule has 1 aromatic heterocycles. The van der Waals surface area contributed by atoms with Crippen LogP contribution in [-0.2, 0) is 4.79 Å². The molecule has 2 aliphatic rings. The lowest BCUT2D eigenvalue weighted by molar-refractivity contribution is -0.108. The molecule has 1 atom stereocenters. The first-order chi connectivity index (χ1) is 14.6. The molecule has 4 rings (SSSR count). The molecule has 8 nitrogen and oxygen atoms in total. The number of amides is 1. The van der Waals surface area contributed by atoms with Crippen LogP contribution in [0.5, 0.6) is 0 Å². The molecule has 0 bridgehead atoms. The quantitative estimate of drug-likeness (QED) is 0.461. The molecule has 1 aliphatic heterocycles. The van der Waals surface area contributed by atoms with Crippen LogP contribution < -0.4 is 10.6 Å². The third-order valence-corrected chi connectivity index (χ3v) is 5.57. The number of carbonyl (C=O) groups excluding carboxylic acids is 1. The minimum Gasteiger partial charge on any atom is -0.343 e. The number of hydrogen-bond donors (Lipinski definition) is 3. The van der Waals surface area contributed by atoms with Crippen molar-refractivity contribution in [3.05, 3.63) is 46.9 Å². The number of nitrogens with zero attached hydrogens (tertiary/aromatic N) is 4. The highest BCUT2D eigenvalue weighted by atomic mass is 19.1. The predicted octanol–water partition coefficient (Wildman–Crippen LogP) is 2.61. The number of benzene rings is 1. The van der Waals surface area contributed by atoms with E-state index in [9.17, 15) is 4.79 Å². The van der Waals surface area contributed by atoms with Crippen molar-refractivity contribution in [2.45, 2.75) is 25.8 Å². The largest absolute Gasteiger partial charge is 0.343 e. The molecule has 30 heavy (non-hydrogen) atoms. The van der Waals surface area contributed by atoms with E-state index >= 15 is 4.39 Å². The van der Waals surface area contributed by atoms with Gasteiger partial charge in [0, 0.05) is 41.2 Å². The number of hydrogen-bond acceptors (Lipinski definition) is 6. The summed E-state index contributed by atoms with van der Waals surface area (Å²) in [6.45, 7) is 5.71. The number of halogens is 1. The van der Waals surface area contributed by atoms with Gasteiger partial charge in [-0.2, -0.15) is 5.10 Å². The van der Waals surface area contributed by atoms with Crippen molar-refractivity contribution < 1.29 is 9.18 Å². The molecular formula is C21H24FN7O. The van der Waals surface area contributed by atoms with Crippen LogP contribution in [0, 0.1) is 18.7 Å². The van der Waals surface area contributed by atoms with E-state index in [0.717, 1.165) is 18.2 Å². The van der Waals surface area contributed by atoms with E-state index in [0.29, 0.717) is 52.6 Å². The summed E-state index contributed by atoms with van der Waals surface area (Å²) in [7, 11) is 1.87. The van der Waals surface area contributed by atoms with Crippen molar-refractivity contribution in [3.63, 3.8) is 0 Å². The van der Waals surface area contributed by atoms with Crippen molar-refractivity contribution in [2.75, 3.05) is 13.6 Å². The van der Waals surface area contributed by atoms with Crippen LogP contribution in [0.1, 0.15) is 35.6 Å². The Balaban J connectivity index is 1.82. The Morgan fingerprint density at radius 2 is 2.30 bits per heavy atom. The molecule has 1 unspecified atom stereocenters. The normalized spacial score (nSPS) is 17.8. The molecule has 2 heterocycles. The third-order valence-electron chi connectivity index (χ3n) is 5.57. The number of aliphatic imine (C=N–C) groups is 2. The van der Waals surface area contributed by atoms with Gasteiger partial charge in [-0.25, -0.2) is 9.38 Å². The van der Waals surface area contributed by atoms with Crippen molar-refractivity contribution in [1.29, 1.82) is 0 Å². The van der Waals surface area contributed by atoms with Gasteiger partial charge in [0.25, 0.3) is 0 Å². The van der Waals surface area contributed by atoms with E-state index in [1.807, 2.05) is 7.05 Å². The minimum absolute atomic E-state index is 0.0559. The Hall–Kier alpha value is -3.33. The minimum atomic E-state index is -0.243. The molecule has 3 N–H and O–H groups in total. The Bertz CT molecular complexity index is 1080. The van der Waals surface area contributed by atoms with Crippen LogP contribution in [0.15, 0.2) is 34.4 Å². The Kier molecular flexibility index (Phi) is 5.45. The SMILES string of the molecule is C=N/C(=C\N1C=C(c2c(C)c(F)c(C(NC)C3CC3)c3[nH]ncc23)N=CC1)NC=O. The summed E-state index contributed by atoms with van der Waals surface area (Å²) >= 11 is 0. The first kappa shape index (κ1) is 20.0. The lowest BCUT2D eigenvalue weighted by Crippen LogP contribution is -2.22. The van der Waals surface area contributed by atoms with Gasteiger partial charge in [0.15, 0.2) is 0 Å². The summed E-state index contributed by atoms with van der Waals surface area (Å²) in [6.07, 6.45) is 9.60. The summed E-state index contributed by atoms with van der Waals surface area (Å²) in [5.41, 5.74) is 3.16. The van der Waals surface area contributed by atoms with E-state index in [1.54, 1.807) is 36.6 Å². The fraction of sp³-hybridized carbons (Fsp3) is 0.333. The first-order valence-electron chi connectivity index (χ1n) is 9.80. The highest BCUT2D eigenvalue weighted by Crippen LogP contribution is 2.45. The molecule has 2 aromatic rings. The molecule has 156 valence electrons. The molecule has 1 aromatic carbocycles. The van der Waals surface area contributed by atoms with Gasteiger partial charge in [-0.3, -0.25) is 14.9 Å². The summed E-state index contributed by atoms with van der Waals surface area (Å²) in [4.78, 5) is 20.8. The second-order valence-electron chi connectivity index (χ2n) is 7.45. The first-order valence-corrected chi connectivity index (χ1v) is 9.80. The zero-order valence-corrected chi connectivity index (χ0v) is 16.9. The van der Waals surface area contributed by atoms with Crippen molar-refractivity contribution in [1.82, 2.24) is 25.7 Å². The monoisotopic (exact) mass is 409 g/mol. The fourth-order valence-corrected chi connectivity index (χ4v) is 4.01. The standard InChI is InChI=1S/C21H24FN7O/c1-12-17(15-9-29(7-6-25-15)10-16(23-2)26-11-30)14-8-27-28-21(14)18(19(12)22)20(24-3)13-4-5-13/h6,8-11,13,20,24H,2,4-5,7H2,1,3H3,(H,26,30)(H,27,28)/b16-10+. The lowest BCUT2D eigenvalue weighted by Gasteiger charge is -2.23. The highest BCUT2D eigenvalue weighted by Gasteiger charge is 2.36. The zero-order valence-electron chi connectivity index (χ0n) is 16.9. The number of aromatic nitrogens is 2. The van der Waals surface area contributed by atoms with Gasteiger partial charge in [-0.1, -0.05) is 0 Å². The maximum Gasteiger partial charge on any atom is 0.212 e. The maximum atomic E-state index is 15.6. The van der Waals surface area contributed by atoms with E-state index < -0.39 is 0 Å². The van der Waals surface area contributed by atoms with Crippen LogP contribution in [0.25, 0.3) is 16.6 Å². The summed E-state index contributed by atoms with van der Waals surface area (Å²) in [5.74, 6) is 0.501. The van der Waals surface area contributed by atoms with Crippen LogP contribution in [0.2, 0.25) is 0 Å². The topological polar surface area (TPSA) is 97.8 Å². The van der Waals surface area contributed by atoms with Gasteiger partial charge in [-0.05, 0) is 45.0 Å². The predicted molar refractivity (Wildman–Crippen MR) is 115 cm³/mol. The summed E-state index contributed by atoms with van der Waals surface area (Å²) < 4.78 is 15.6. The van der Waals surface area contributed by atoms with Crippen LogP contribution >= 0.6 is 0 Å². The number of nitrogens with one attached hydrogen (secondary N) is 3. The maximum absolute atomic E-state index is 15.6. The van der Waals surface area contributed by atoms with Crippen molar-refractivity contribution >= 4 is 35.9 Å². The van der Waals surface area contributed by atoms with E-state index in [1.165, 1.54) is 0 Å². The Morgan fingerprint density at radius 3 is 2.97 bits per heavy atom. The van der Waals surface area contributed by atoms with Gasteiger partial charge in [0.2, 0.25) is 6.41 Å². The van der Waals surface area contributed by atoms with Crippen LogP contribution in [-0.4, -0.2) is 48.0 Å². The van der Waals surface area contributed by atoms with Gasteiger partial charge < -0.3 is 15.5 Å². The smallest absolute Gasteiger partial charge is 0.212 e. The molecule has 1 amide bonds. The highest BCUT2D eigenvalue weighted by molar-refractivity contribution is 5.96. The Morgan fingerprint density at radius 1 is 1.50 bits per heavy atom. The van der Waals surface area contributed by atoms with E-state index in [-0.39, 0.29) is 11.9 Å². The van der Waals surface area contributed by atoms with Crippen molar-refractivity contribution in [3.8, 4) is 0 Å². The average Bonchev–Trinajstić information content (AvgIpc) is 3.48. The van der Waals surface area contributed by atoms with Gasteiger partial charge >= 0.3 is 0 Å². The molecule has 0 saturated heterocycles. The van der Waals surface area contributed by atoms with Gasteiger partial charge in [0.05, 0.1) is 24.0 Å². The third kappa shape index (κ3) is 3.52. The number of rotatable bonds is 8. The molecule has 1 fully saturated rings. The Labute approximate surface area is 173 Å². The van der Waals surface area contributed by atoms with E-state index in [2.05, 4.69) is 37.5 Å². The van der Waals surface area contributed by atoms with Gasteiger partial charge in [-0.15, -0.1) is 0 Å². The number of H-pyrrole nitrogens is 1. The second-order valence-corrected chi connectivity index (χ2v) is 7.45. The number of aromatic amines is 1. The van der Waals surface area contributed by atoms with Crippen LogP contribution in [0.3, 0.4) is 0 Å². The van der Waals surface area contributed by atoms with Crippen molar-refractivity contribution in [2.24, 2.45) is 15.9 Å². The lowest BCUT2D eigenvalue weighted by atomic mass is 9.91. The fourth-order valence-electron chi connectivity index (χ4n) is 4.01. The molecule has 9 heteroatoms. The summed E-state index contributed by atoms with van der Waals surface area (Å²) in [6, 6.07) is -0.0559. The second kappa shape index (κ2) is 8.19. The molecule has 1 saturated carbocycles. The molecule has 0 radical (unpaired) electrons. The molecule has 1 aliphatic carbocycles.